The zero-order valence-corrected chi connectivity index (χ0v) is 13.7. The summed E-state index contributed by atoms with van der Waals surface area (Å²) in [6.07, 6.45) is 0. The number of halogens is 1. The van der Waals surface area contributed by atoms with Gasteiger partial charge in [0.1, 0.15) is 17.5 Å². The largest absolute Gasteiger partial charge is 0.383 e. The van der Waals surface area contributed by atoms with Gasteiger partial charge in [-0.15, -0.1) is 0 Å². The van der Waals surface area contributed by atoms with Gasteiger partial charge in [0.2, 0.25) is 0 Å². The zero-order valence-electron chi connectivity index (χ0n) is 12.2. The van der Waals surface area contributed by atoms with Gasteiger partial charge in [0.05, 0.1) is 0 Å². The van der Waals surface area contributed by atoms with Crippen molar-refractivity contribution < 1.29 is 0 Å². The second-order valence-corrected chi connectivity index (χ2v) is 6.70. The van der Waals surface area contributed by atoms with Crippen molar-refractivity contribution in [1.82, 2.24) is 9.97 Å². The molecule has 0 aliphatic carbocycles. The molecule has 2 rings (SSSR count). The molecule has 0 unspecified atom stereocenters. The number of hydrogen-bond acceptors (Lipinski definition) is 4. The lowest BCUT2D eigenvalue weighted by molar-refractivity contribution is 0.546. The standard InChI is InChI=1S/C15H19BrN4/c1-9-12(17)19-14(15(2,3)4)20-13(9)18-11-7-5-10(16)6-8-11/h5-8H,1-4H3,(H3,17,18,19,20). The molecule has 0 saturated heterocycles. The molecule has 0 aliphatic rings. The van der Waals surface area contributed by atoms with E-state index in [1.54, 1.807) is 0 Å². The Kier molecular flexibility index (Phi) is 3.99. The normalized spacial score (nSPS) is 11.4. The van der Waals surface area contributed by atoms with Gasteiger partial charge in [-0.1, -0.05) is 36.7 Å². The summed E-state index contributed by atoms with van der Waals surface area (Å²) in [5, 5.41) is 3.30. The number of nitrogen functional groups attached to an aromatic ring is 1. The number of benzene rings is 1. The van der Waals surface area contributed by atoms with Crippen molar-refractivity contribution in [1.29, 1.82) is 0 Å². The average molecular weight is 335 g/mol. The molecule has 1 heterocycles. The average Bonchev–Trinajstić information content (AvgIpc) is 2.36. The Morgan fingerprint density at radius 1 is 1.10 bits per heavy atom. The first-order valence-electron chi connectivity index (χ1n) is 6.44. The molecule has 0 radical (unpaired) electrons. The molecule has 1 aromatic carbocycles. The van der Waals surface area contributed by atoms with Gasteiger partial charge in [-0.25, -0.2) is 9.97 Å². The third-order valence-electron chi connectivity index (χ3n) is 2.96. The van der Waals surface area contributed by atoms with E-state index in [1.807, 2.05) is 31.2 Å². The van der Waals surface area contributed by atoms with Crippen LogP contribution in [-0.4, -0.2) is 9.97 Å². The summed E-state index contributed by atoms with van der Waals surface area (Å²) in [6, 6.07) is 7.93. The lowest BCUT2D eigenvalue weighted by Crippen LogP contribution is -2.18. The highest BCUT2D eigenvalue weighted by molar-refractivity contribution is 9.10. The molecule has 0 amide bonds. The Balaban J connectivity index is 2.40. The SMILES string of the molecule is Cc1c(N)nc(C(C)(C)C)nc1Nc1ccc(Br)cc1. The molecule has 0 aliphatic heterocycles. The fourth-order valence-corrected chi connectivity index (χ4v) is 1.93. The third kappa shape index (κ3) is 3.28. The van der Waals surface area contributed by atoms with E-state index in [0.717, 1.165) is 27.4 Å². The van der Waals surface area contributed by atoms with Crippen LogP contribution in [0.2, 0.25) is 0 Å². The minimum Gasteiger partial charge on any atom is -0.383 e. The van der Waals surface area contributed by atoms with E-state index in [-0.39, 0.29) is 5.41 Å². The highest BCUT2D eigenvalue weighted by Crippen LogP contribution is 2.27. The second kappa shape index (κ2) is 5.40. The monoisotopic (exact) mass is 334 g/mol. The Bertz CT molecular complexity index is 615. The van der Waals surface area contributed by atoms with Crippen molar-refractivity contribution in [3.05, 3.63) is 40.1 Å². The maximum Gasteiger partial charge on any atom is 0.139 e. The van der Waals surface area contributed by atoms with Gasteiger partial charge < -0.3 is 11.1 Å². The van der Waals surface area contributed by atoms with Gasteiger partial charge in [0.25, 0.3) is 0 Å². The van der Waals surface area contributed by atoms with Crippen LogP contribution in [0.25, 0.3) is 0 Å². The van der Waals surface area contributed by atoms with Crippen LogP contribution in [0, 0.1) is 6.92 Å². The zero-order chi connectivity index (χ0) is 14.9. The van der Waals surface area contributed by atoms with Crippen molar-refractivity contribution in [3.8, 4) is 0 Å². The first kappa shape index (κ1) is 14.8. The highest BCUT2D eigenvalue weighted by Gasteiger charge is 2.20. The number of aromatic nitrogens is 2. The summed E-state index contributed by atoms with van der Waals surface area (Å²) in [5.74, 6) is 2.01. The van der Waals surface area contributed by atoms with Crippen LogP contribution < -0.4 is 11.1 Å². The molecule has 0 saturated carbocycles. The molecular weight excluding hydrogens is 316 g/mol. The van der Waals surface area contributed by atoms with E-state index in [9.17, 15) is 0 Å². The summed E-state index contributed by atoms with van der Waals surface area (Å²) in [4.78, 5) is 8.99. The molecule has 2 aromatic rings. The highest BCUT2D eigenvalue weighted by atomic mass is 79.9. The molecule has 0 spiro atoms. The molecule has 5 heteroatoms. The lowest BCUT2D eigenvalue weighted by atomic mass is 9.95. The van der Waals surface area contributed by atoms with Crippen molar-refractivity contribution in [2.45, 2.75) is 33.1 Å². The molecule has 0 bridgehead atoms. The van der Waals surface area contributed by atoms with Crippen molar-refractivity contribution in [3.63, 3.8) is 0 Å². The van der Waals surface area contributed by atoms with Crippen LogP contribution in [0.3, 0.4) is 0 Å². The molecule has 0 atom stereocenters. The smallest absolute Gasteiger partial charge is 0.139 e. The minimum absolute atomic E-state index is 0.141. The summed E-state index contributed by atoms with van der Waals surface area (Å²) in [5.41, 5.74) is 7.69. The molecular formula is C15H19BrN4. The molecule has 4 nitrogen and oxygen atoms in total. The Morgan fingerprint density at radius 2 is 1.70 bits per heavy atom. The van der Waals surface area contributed by atoms with E-state index in [0.29, 0.717) is 5.82 Å². The minimum atomic E-state index is -0.141. The summed E-state index contributed by atoms with van der Waals surface area (Å²) in [7, 11) is 0. The van der Waals surface area contributed by atoms with E-state index < -0.39 is 0 Å². The van der Waals surface area contributed by atoms with Crippen molar-refractivity contribution in [2.24, 2.45) is 0 Å². The molecule has 3 N–H and O–H groups in total. The van der Waals surface area contributed by atoms with Gasteiger partial charge in [0.15, 0.2) is 0 Å². The lowest BCUT2D eigenvalue weighted by Gasteiger charge is -2.19. The maximum absolute atomic E-state index is 6.00. The first-order valence-corrected chi connectivity index (χ1v) is 7.24. The van der Waals surface area contributed by atoms with Crippen LogP contribution in [-0.2, 0) is 5.41 Å². The number of hydrogen-bond donors (Lipinski definition) is 2. The predicted molar refractivity (Wildman–Crippen MR) is 87.3 cm³/mol. The van der Waals surface area contributed by atoms with E-state index in [2.05, 4.69) is 52.0 Å². The van der Waals surface area contributed by atoms with Gasteiger partial charge in [-0.2, -0.15) is 0 Å². The first-order chi connectivity index (χ1) is 9.27. The number of anilines is 3. The number of rotatable bonds is 2. The Labute approximate surface area is 128 Å². The van der Waals surface area contributed by atoms with Crippen LogP contribution in [0.15, 0.2) is 28.7 Å². The molecule has 0 fully saturated rings. The summed E-state index contributed by atoms with van der Waals surface area (Å²) in [6.45, 7) is 8.13. The third-order valence-corrected chi connectivity index (χ3v) is 3.49. The second-order valence-electron chi connectivity index (χ2n) is 5.79. The van der Waals surface area contributed by atoms with Crippen LogP contribution in [0.1, 0.15) is 32.2 Å². The van der Waals surface area contributed by atoms with Gasteiger partial charge >= 0.3 is 0 Å². The summed E-state index contributed by atoms with van der Waals surface area (Å²) < 4.78 is 1.04. The topological polar surface area (TPSA) is 63.8 Å². The summed E-state index contributed by atoms with van der Waals surface area (Å²) >= 11 is 3.42. The van der Waals surface area contributed by atoms with E-state index >= 15 is 0 Å². The number of nitrogens with two attached hydrogens (primary N) is 1. The van der Waals surface area contributed by atoms with Gasteiger partial charge in [-0.05, 0) is 31.2 Å². The van der Waals surface area contributed by atoms with Crippen molar-refractivity contribution >= 4 is 33.3 Å². The predicted octanol–water partition coefficient (Wildman–Crippen LogP) is 4.17. The maximum atomic E-state index is 6.00. The van der Waals surface area contributed by atoms with Crippen LogP contribution in [0.4, 0.5) is 17.3 Å². The van der Waals surface area contributed by atoms with Crippen molar-refractivity contribution in [2.75, 3.05) is 11.1 Å². The van der Waals surface area contributed by atoms with Gasteiger partial charge in [-0.3, -0.25) is 0 Å². The molecule has 20 heavy (non-hydrogen) atoms. The fraction of sp³-hybridized carbons (Fsp3) is 0.333. The van der Waals surface area contributed by atoms with Crippen LogP contribution in [0.5, 0.6) is 0 Å². The fourth-order valence-electron chi connectivity index (χ4n) is 1.66. The Hall–Kier alpha value is -1.62. The Morgan fingerprint density at radius 3 is 2.25 bits per heavy atom. The van der Waals surface area contributed by atoms with E-state index in [1.165, 1.54) is 0 Å². The quantitative estimate of drug-likeness (QED) is 0.864. The van der Waals surface area contributed by atoms with E-state index in [4.69, 9.17) is 5.73 Å². The van der Waals surface area contributed by atoms with Gasteiger partial charge in [0, 0.05) is 21.1 Å². The van der Waals surface area contributed by atoms with Crippen LogP contribution >= 0.6 is 15.9 Å². The molecule has 1 aromatic heterocycles. The number of nitrogens with one attached hydrogen (secondary N) is 1. The number of nitrogens with zero attached hydrogens (tertiary/aromatic N) is 2. The molecule has 106 valence electrons.